The Kier molecular flexibility index (Phi) is 4.18. The van der Waals surface area contributed by atoms with Gasteiger partial charge in [0.15, 0.2) is 0 Å². The van der Waals surface area contributed by atoms with Crippen LogP contribution >= 0.6 is 0 Å². The highest BCUT2D eigenvalue weighted by Crippen LogP contribution is 2.33. The minimum atomic E-state index is -0.790. The van der Waals surface area contributed by atoms with Gasteiger partial charge in [0.1, 0.15) is 5.75 Å². The van der Waals surface area contributed by atoms with Gasteiger partial charge in [-0.3, -0.25) is 4.79 Å². The summed E-state index contributed by atoms with van der Waals surface area (Å²) in [4.78, 5) is 10.7. The Bertz CT molecular complexity index is 561. The van der Waals surface area contributed by atoms with E-state index in [2.05, 4.69) is 0 Å². The lowest BCUT2D eigenvalue weighted by atomic mass is 9.95. The van der Waals surface area contributed by atoms with Gasteiger partial charge in [-0.1, -0.05) is 42.5 Å². The number of benzene rings is 2. The number of methoxy groups -OCH3 is 1. The number of hydrogen-bond donors (Lipinski definition) is 1. The first-order valence-electron chi connectivity index (χ1n) is 6.15. The highest BCUT2D eigenvalue weighted by molar-refractivity contribution is 5.75. The second-order valence-electron chi connectivity index (χ2n) is 4.25. The summed E-state index contributed by atoms with van der Waals surface area (Å²) in [7, 11) is 1.63. The Balaban J connectivity index is 2.46. The van der Waals surface area contributed by atoms with Gasteiger partial charge in [-0.2, -0.15) is 0 Å². The number of carboxylic acids is 1. The number of aliphatic carboxylic acids is 1. The van der Waals surface area contributed by atoms with Crippen LogP contribution in [-0.2, 0) is 11.2 Å². The van der Waals surface area contributed by atoms with E-state index in [9.17, 15) is 4.79 Å². The number of aryl methyl sites for hydroxylation is 1. The molecule has 2 aromatic carbocycles. The van der Waals surface area contributed by atoms with Crippen LogP contribution in [0.25, 0.3) is 11.1 Å². The Morgan fingerprint density at radius 1 is 1.11 bits per heavy atom. The minimum Gasteiger partial charge on any atom is -0.496 e. The monoisotopic (exact) mass is 256 g/mol. The van der Waals surface area contributed by atoms with E-state index in [1.807, 2.05) is 48.5 Å². The molecule has 3 nitrogen and oxygen atoms in total. The van der Waals surface area contributed by atoms with Crippen LogP contribution < -0.4 is 4.74 Å². The van der Waals surface area contributed by atoms with Crippen LogP contribution in [0.1, 0.15) is 12.0 Å². The first-order valence-corrected chi connectivity index (χ1v) is 6.15. The summed E-state index contributed by atoms with van der Waals surface area (Å²) < 4.78 is 5.40. The van der Waals surface area contributed by atoms with E-state index in [1.54, 1.807) is 7.11 Å². The van der Waals surface area contributed by atoms with Crippen molar-refractivity contribution in [2.24, 2.45) is 0 Å². The minimum absolute atomic E-state index is 0.118. The van der Waals surface area contributed by atoms with Crippen molar-refractivity contribution in [3.8, 4) is 16.9 Å². The van der Waals surface area contributed by atoms with Crippen molar-refractivity contribution in [3.05, 3.63) is 54.1 Å². The molecule has 98 valence electrons. The molecule has 0 heterocycles. The summed E-state index contributed by atoms with van der Waals surface area (Å²) in [5, 5.41) is 8.83. The van der Waals surface area contributed by atoms with Crippen LogP contribution in [0.5, 0.6) is 5.75 Å². The molecule has 0 atom stereocenters. The number of carboxylic acid groups (broad SMARTS) is 1. The van der Waals surface area contributed by atoms with Crippen LogP contribution in [-0.4, -0.2) is 18.2 Å². The second-order valence-corrected chi connectivity index (χ2v) is 4.25. The molecule has 1 N–H and O–H groups in total. The molecule has 0 aromatic heterocycles. The molecule has 0 saturated heterocycles. The first-order chi connectivity index (χ1) is 9.22. The molecular formula is C16H16O3. The van der Waals surface area contributed by atoms with Crippen LogP contribution in [0.3, 0.4) is 0 Å². The van der Waals surface area contributed by atoms with Gasteiger partial charge in [-0.25, -0.2) is 0 Å². The van der Waals surface area contributed by atoms with E-state index in [1.165, 1.54) is 0 Å². The highest BCUT2D eigenvalue weighted by Gasteiger charge is 2.12. The maximum atomic E-state index is 10.7. The molecule has 0 aliphatic rings. The van der Waals surface area contributed by atoms with Crippen molar-refractivity contribution in [3.63, 3.8) is 0 Å². The van der Waals surface area contributed by atoms with E-state index >= 15 is 0 Å². The molecule has 0 amide bonds. The molecule has 0 saturated carbocycles. The molecule has 0 aliphatic carbocycles. The number of carbonyl (C=O) groups is 1. The molecule has 2 aromatic rings. The van der Waals surface area contributed by atoms with Gasteiger partial charge in [-0.15, -0.1) is 0 Å². The largest absolute Gasteiger partial charge is 0.496 e. The standard InChI is InChI=1S/C16H16O3/c1-19-14-9-5-8-13(10-11-15(17)18)16(14)12-6-3-2-4-7-12/h2-9H,10-11H2,1H3,(H,17,18). The zero-order valence-corrected chi connectivity index (χ0v) is 10.8. The Morgan fingerprint density at radius 2 is 1.84 bits per heavy atom. The fraction of sp³-hybridized carbons (Fsp3) is 0.188. The summed E-state index contributed by atoms with van der Waals surface area (Å²) in [6.07, 6.45) is 0.615. The fourth-order valence-electron chi connectivity index (χ4n) is 2.13. The van der Waals surface area contributed by atoms with Gasteiger partial charge >= 0.3 is 5.97 Å². The van der Waals surface area contributed by atoms with Crippen molar-refractivity contribution >= 4 is 5.97 Å². The summed E-state index contributed by atoms with van der Waals surface area (Å²) in [5.41, 5.74) is 3.01. The molecule has 0 unspecified atom stereocenters. The van der Waals surface area contributed by atoms with Crippen molar-refractivity contribution in [2.45, 2.75) is 12.8 Å². The van der Waals surface area contributed by atoms with Gasteiger partial charge in [0.2, 0.25) is 0 Å². The third-order valence-electron chi connectivity index (χ3n) is 3.00. The third kappa shape index (κ3) is 3.13. The van der Waals surface area contributed by atoms with E-state index in [0.29, 0.717) is 6.42 Å². The van der Waals surface area contributed by atoms with Crippen molar-refractivity contribution in [1.29, 1.82) is 0 Å². The molecule has 0 bridgehead atoms. The molecule has 2 rings (SSSR count). The first kappa shape index (κ1) is 13.1. The lowest BCUT2D eigenvalue weighted by Crippen LogP contribution is -2.00. The van der Waals surface area contributed by atoms with E-state index in [-0.39, 0.29) is 6.42 Å². The molecule has 19 heavy (non-hydrogen) atoms. The van der Waals surface area contributed by atoms with Gasteiger partial charge < -0.3 is 9.84 Å². The van der Waals surface area contributed by atoms with Crippen LogP contribution in [0.15, 0.2) is 48.5 Å². The fourth-order valence-corrected chi connectivity index (χ4v) is 2.13. The van der Waals surface area contributed by atoms with E-state index in [4.69, 9.17) is 9.84 Å². The van der Waals surface area contributed by atoms with Crippen molar-refractivity contribution in [1.82, 2.24) is 0 Å². The maximum absolute atomic E-state index is 10.7. The SMILES string of the molecule is COc1cccc(CCC(=O)O)c1-c1ccccc1. The quantitative estimate of drug-likeness (QED) is 0.892. The molecule has 0 aliphatic heterocycles. The third-order valence-corrected chi connectivity index (χ3v) is 3.00. The molecule has 3 heteroatoms. The summed E-state index contributed by atoms with van der Waals surface area (Å²) in [6.45, 7) is 0. The summed E-state index contributed by atoms with van der Waals surface area (Å²) in [6, 6.07) is 15.6. The predicted molar refractivity (Wildman–Crippen MR) is 74.4 cm³/mol. The summed E-state index contributed by atoms with van der Waals surface area (Å²) in [5.74, 6) is -0.0177. The van der Waals surface area contributed by atoms with Crippen LogP contribution in [0.4, 0.5) is 0 Å². The number of hydrogen-bond acceptors (Lipinski definition) is 2. The normalized spacial score (nSPS) is 10.2. The number of ether oxygens (including phenoxy) is 1. The zero-order valence-electron chi connectivity index (χ0n) is 10.8. The molecule has 0 spiro atoms. The highest BCUT2D eigenvalue weighted by atomic mass is 16.5. The topological polar surface area (TPSA) is 46.5 Å². The smallest absolute Gasteiger partial charge is 0.303 e. The average molecular weight is 256 g/mol. The van der Waals surface area contributed by atoms with Crippen molar-refractivity contribution in [2.75, 3.05) is 7.11 Å². The second kappa shape index (κ2) is 6.05. The average Bonchev–Trinajstić information content (AvgIpc) is 2.45. The van der Waals surface area contributed by atoms with Crippen LogP contribution in [0.2, 0.25) is 0 Å². The van der Waals surface area contributed by atoms with E-state index < -0.39 is 5.97 Å². The van der Waals surface area contributed by atoms with Gasteiger partial charge in [0.05, 0.1) is 7.11 Å². The van der Waals surface area contributed by atoms with Crippen molar-refractivity contribution < 1.29 is 14.6 Å². The lowest BCUT2D eigenvalue weighted by Gasteiger charge is -2.13. The van der Waals surface area contributed by atoms with E-state index in [0.717, 1.165) is 22.4 Å². The Morgan fingerprint density at radius 3 is 2.47 bits per heavy atom. The van der Waals surface area contributed by atoms with Gasteiger partial charge in [-0.05, 0) is 23.6 Å². The van der Waals surface area contributed by atoms with Gasteiger partial charge in [0, 0.05) is 12.0 Å². The molecule has 0 fully saturated rings. The Labute approximate surface area is 112 Å². The Hall–Kier alpha value is -2.29. The zero-order chi connectivity index (χ0) is 13.7. The number of rotatable bonds is 5. The maximum Gasteiger partial charge on any atom is 0.303 e. The van der Waals surface area contributed by atoms with Crippen LogP contribution in [0, 0.1) is 0 Å². The van der Waals surface area contributed by atoms with Gasteiger partial charge in [0.25, 0.3) is 0 Å². The predicted octanol–water partition coefficient (Wildman–Crippen LogP) is 3.38. The lowest BCUT2D eigenvalue weighted by molar-refractivity contribution is -0.136. The summed E-state index contributed by atoms with van der Waals surface area (Å²) >= 11 is 0. The molecular weight excluding hydrogens is 240 g/mol. The molecule has 0 radical (unpaired) electrons.